The summed E-state index contributed by atoms with van der Waals surface area (Å²) < 4.78 is 11.4. The van der Waals surface area contributed by atoms with Crippen molar-refractivity contribution in [2.75, 3.05) is 5.32 Å². The van der Waals surface area contributed by atoms with Gasteiger partial charge in [0.15, 0.2) is 17.0 Å². The molecule has 0 aliphatic carbocycles. The number of halogens is 1. The number of aromatic nitrogens is 2. The van der Waals surface area contributed by atoms with E-state index < -0.39 is 10.8 Å². The van der Waals surface area contributed by atoms with E-state index in [9.17, 15) is 14.9 Å². The lowest BCUT2D eigenvalue weighted by molar-refractivity contribution is -0.384. The summed E-state index contributed by atoms with van der Waals surface area (Å²) in [6.45, 7) is 0. The number of carbonyl (C=O) groups excluding carboxylic acids is 1. The molecule has 0 unspecified atom stereocenters. The molecule has 0 radical (unpaired) electrons. The molecule has 1 N–H and O–H groups in total. The minimum atomic E-state index is -0.540. The van der Waals surface area contributed by atoms with Gasteiger partial charge in [-0.05, 0) is 48.5 Å². The topological polar surface area (TPSA) is 124 Å². The van der Waals surface area contributed by atoms with E-state index in [0.717, 1.165) is 0 Å². The van der Waals surface area contributed by atoms with Gasteiger partial charge in [-0.2, -0.15) is 4.98 Å². The van der Waals surface area contributed by atoms with Gasteiger partial charge in [-0.25, -0.2) is 4.98 Å². The van der Waals surface area contributed by atoms with Crippen molar-refractivity contribution in [3.63, 3.8) is 0 Å². The molecule has 2 aromatic carbocycles. The number of nitro benzene ring substituents is 1. The zero-order valence-electron chi connectivity index (χ0n) is 16.7. The van der Waals surface area contributed by atoms with E-state index in [2.05, 4.69) is 15.3 Å². The number of nitrogens with one attached hydrogen (secondary N) is 1. The lowest BCUT2D eigenvalue weighted by Gasteiger charge is -2.05. The lowest BCUT2D eigenvalue weighted by atomic mass is 10.1. The van der Waals surface area contributed by atoms with Gasteiger partial charge < -0.3 is 14.2 Å². The number of anilines is 1. The Kier molecular flexibility index (Phi) is 5.08. The van der Waals surface area contributed by atoms with E-state index >= 15 is 0 Å². The second kappa shape index (κ2) is 8.21. The first-order chi connectivity index (χ1) is 16.0. The smallest absolute Gasteiger partial charge is 0.291 e. The SMILES string of the molecule is O=C(Nc1cccc(-c2nc3ncccc3o2)c1)c1ccc(-c2ccc([N+](=O)[O-])cc2Cl)o1. The standard InChI is InChI=1S/C23H13ClN4O5/c24-17-12-15(28(30)31)6-7-16(17)18-8-9-20(32-18)22(29)26-14-4-1-3-13(11-14)23-27-21-19(33-23)5-2-10-25-21/h1-12H,(H,26,29). The van der Waals surface area contributed by atoms with Crippen LogP contribution in [0.4, 0.5) is 11.4 Å². The van der Waals surface area contributed by atoms with Crippen LogP contribution in [0, 0.1) is 10.1 Å². The number of pyridine rings is 1. The summed E-state index contributed by atoms with van der Waals surface area (Å²) in [5.74, 6) is 0.271. The molecule has 0 spiro atoms. The van der Waals surface area contributed by atoms with Gasteiger partial charge >= 0.3 is 0 Å². The number of hydrogen-bond acceptors (Lipinski definition) is 7. The Morgan fingerprint density at radius 1 is 1.03 bits per heavy atom. The number of rotatable bonds is 5. The number of nitro groups is 1. The highest BCUT2D eigenvalue weighted by Gasteiger charge is 2.17. The zero-order chi connectivity index (χ0) is 22.9. The van der Waals surface area contributed by atoms with Crippen molar-refractivity contribution in [2.45, 2.75) is 0 Å². The quantitative estimate of drug-likeness (QED) is 0.253. The number of furan rings is 1. The fourth-order valence-corrected chi connectivity index (χ4v) is 3.51. The summed E-state index contributed by atoms with van der Waals surface area (Å²) in [7, 11) is 0. The van der Waals surface area contributed by atoms with Crippen molar-refractivity contribution in [3.8, 4) is 22.8 Å². The van der Waals surface area contributed by atoms with Crippen LogP contribution in [-0.4, -0.2) is 20.8 Å². The first kappa shape index (κ1) is 20.4. The van der Waals surface area contributed by atoms with Crippen LogP contribution in [0.1, 0.15) is 10.6 Å². The largest absolute Gasteiger partial charge is 0.451 e. The van der Waals surface area contributed by atoms with Gasteiger partial charge in [0.05, 0.1) is 9.95 Å². The lowest BCUT2D eigenvalue weighted by Crippen LogP contribution is -2.10. The molecular weight excluding hydrogens is 448 g/mol. The molecule has 0 aliphatic rings. The van der Waals surface area contributed by atoms with Crippen LogP contribution in [0.15, 0.2) is 81.8 Å². The molecule has 0 saturated carbocycles. The van der Waals surface area contributed by atoms with E-state index in [1.54, 1.807) is 42.6 Å². The normalized spacial score (nSPS) is 10.9. The maximum atomic E-state index is 12.7. The molecule has 5 rings (SSSR count). The maximum absolute atomic E-state index is 12.7. The average molecular weight is 461 g/mol. The number of amides is 1. The van der Waals surface area contributed by atoms with E-state index in [0.29, 0.717) is 39.7 Å². The number of benzene rings is 2. The molecule has 0 aliphatic heterocycles. The van der Waals surface area contributed by atoms with Crippen LogP contribution < -0.4 is 5.32 Å². The molecular formula is C23H13ClN4O5. The second-order valence-corrected chi connectivity index (χ2v) is 7.37. The number of hydrogen-bond donors (Lipinski definition) is 1. The fraction of sp³-hybridized carbons (Fsp3) is 0. The van der Waals surface area contributed by atoms with E-state index in [-0.39, 0.29) is 16.5 Å². The molecule has 10 heteroatoms. The van der Waals surface area contributed by atoms with Crippen molar-refractivity contribution < 1.29 is 18.6 Å². The van der Waals surface area contributed by atoms with Gasteiger partial charge in [-0.3, -0.25) is 14.9 Å². The summed E-state index contributed by atoms with van der Waals surface area (Å²) >= 11 is 6.15. The molecule has 33 heavy (non-hydrogen) atoms. The highest BCUT2D eigenvalue weighted by molar-refractivity contribution is 6.33. The minimum Gasteiger partial charge on any atom is -0.451 e. The molecule has 162 valence electrons. The van der Waals surface area contributed by atoms with Gasteiger partial charge in [-0.15, -0.1) is 0 Å². The molecule has 1 amide bonds. The van der Waals surface area contributed by atoms with Gasteiger partial charge in [0.1, 0.15) is 5.76 Å². The van der Waals surface area contributed by atoms with Crippen LogP contribution in [-0.2, 0) is 0 Å². The molecule has 3 heterocycles. The molecule has 0 bridgehead atoms. The van der Waals surface area contributed by atoms with E-state index in [1.165, 1.54) is 24.3 Å². The minimum absolute atomic E-state index is 0.0517. The molecule has 3 aromatic heterocycles. The van der Waals surface area contributed by atoms with Crippen LogP contribution in [0.2, 0.25) is 5.02 Å². The first-order valence-corrected chi connectivity index (χ1v) is 10.0. The van der Waals surface area contributed by atoms with E-state index in [4.69, 9.17) is 20.4 Å². The second-order valence-electron chi connectivity index (χ2n) is 6.96. The third-order valence-corrected chi connectivity index (χ3v) is 5.10. The predicted octanol–water partition coefficient (Wildman–Crippen LogP) is 5.96. The summed E-state index contributed by atoms with van der Waals surface area (Å²) in [6, 6.07) is 17.6. The highest BCUT2D eigenvalue weighted by Crippen LogP contribution is 2.32. The van der Waals surface area contributed by atoms with E-state index in [1.807, 2.05) is 6.07 Å². The van der Waals surface area contributed by atoms with Crippen LogP contribution >= 0.6 is 11.6 Å². The summed E-state index contributed by atoms with van der Waals surface area (Å²) in [4.78, 5) is 31.6. The van der Waals surface area contributed by atoms with Crippen molar-refractivity contribution in [1.82, 2.24) is 9.97 Å². The molecule has 0 fully saturated rings. The molecule has 0 atom stereocenters. The molecule has 0 saturated heterocycles. The summed E-state index contributed by atoms with van der Waals surface area (Å²) in [5.41, 5.74) is 2.54. The predicted molar refractivity (Wildman–Crippen MR) is 121 cm³/mol. The summed E-state index contributed by atoms with van der Waals surface area (Å²) in [5, 5.41) is 13.8. The van der Waals surface area contributed by atoms with Crippen molar-refractivity contribution in [2.24, 2.45) is 0 Å². The Morgan fingerprint density at radius 2 is 1.91 bits per heavy atom. The third-order valence-electron chi connectivity index (χ3n) is 4.79. The number of carbonyl (C=O) groups is 1. The number of non-ortho nitro benzene ring substituents is 1. The van der Waals surface area contributed by atoms with Gasteiger partial charge in [0, 0.05) is 35.1 Å². The number of fused-ring (bicyclic) bond motifs is 1. The Labute approximate surface area is 190 Å². The molecule has 5 aromatic rings. The number of oxazole rings is 1. The van der Waals surface area contributed by atoms with Crippen LogP contribution in [0.25, 0.3) is 34.0 Å². The first-order valence-electron chi connectivity index (χ1n) is 9.65. The maximum Gasteiger partial charge on any atom is 0.291 e. The van der Waals surface area contributed by atoms with Gasteiger partial charge in [0.25, 0.3) is 11.6 Å². The van der Waals surface area contributed by atoms with Crippen molar-refractivity contribution >= 4 is 40.1 Å². The number of nitrogens with zero attached hydrogens (tertiary/aromatic N) is 3. The van der Waals surface area contributed by atoms with Crippen molar-refractivity contribution in [1.29, 1.82) is 0 Å². The van der Waals surface area contributed by atoms with Crippen molar-refractivity contribution in [3.05, 3.63) is 93.8 Å². The van der Waals surface area contributed by atoms with Gasteiger partial charge in [-0.1, -0.05) is 17.7 Å². The monoisotopic (exact) mass is 460 g/mol. The Bertz CT molecular complexity index is 1490. The Balaban J connectivity index is 1.36. The average Bonchev–Trinajstić information content (AvgIpc) is 3.47. The van der Waals surface area contributed by atoms with Gasteiger partial charge in [0.2, 0.25) is 5.89 Å². The fourth-order valence-electron chi connectivity index (χ4n) is 3.24. The highest BCUT2D eigenvalue weighted by atomic mass is 35.5. The van der Waals surface area contributed by atoms with Crippen LogP contribution in [0.5, 0.6) is 0 Å². The van der Waals surface area contributed by atoms with Crippen LogP contribution in [0.3, 0.4) is 0 Å². The zero-order valence-corrected chi connectivity index (χ0v) is 17.4. The summed E-state index contributed by atoms with van der Waals surface area (Å²) in [6.07, 6.45) is 1.63. The Morgan fingerprint density at radius 3 is 2.70 bits per heavy atom. The Hall–Kier alpha value is -4.50. The third kappa shape index (κ3) is 4.04. The molecule has 9 nitrogen and oxygen atoms in total.